The molecule has 0 saturated carbocycles. The minimum Gasteiger partial charge on any atom is -0.349 e. The molecular formula is C30H31N5O. The maximum atomic E-state index is 12.8. The maximum Gasteiger partial charge on any atom is 0.251 e. The Labute approximate surface area is 212 Å². The Bertz CT molecular complexity index is 1280. The summed E-state index contributed by atoms with van der Waals surface area (Å²) in [5.74, 6) is 0.687. The number of amides is 1. The number of aromatic nitrogens is 2. The molecule has 2 heterocycles. The molecule has 0 spiro atoms. The molecule has 0 unspecified atom stereocenters. The molecule has 1 aliphatic rings. The van der Waals surface area contributed by atoms with Gasteiger partial charge in [0.1, 0.15) is 12.1 Å². The first-order chi connectivity index (χ1) is 17.6. The lowest BCUT2D eigenvalue weighted by molar-refractivity contribution is 0.0909. The van der Waals surface area contributed by atoms with Crippen molar-refractivity contribution in [1.82, 2.24) is 20.2 Å². The van der Waals surface area contributed by atoms with Crippen LogP contribution in [0.1, 0.15) is 34.3 Å². The summed E-state index contributed by atoms with van der Waals surface area (Å²) in [5, 5.41) is 6.52. The van der Waals surface area contributed by atoms with Gasteiger partial charge >= 0.3 is 0 Å². The summed E-state index contributed by atoms with van der Waals surface area (Å²) >= 11 is 0. The van der Waals surface area contributed by atoms with Crippen LogP contribution in [0.25, 0.3) is 11.3 Å². The van der Waals surface area contributed by atoms with E-state index in [0.717, 1.165) is 49.4 Å². The second-order valence-corrected chi connectivity index (χ2v) is 9.37. The Hall–Kier alpha value is -4.03. The van der Waals surface area contributed by atoms with Crippen LogP contribution in [0, 0.1) is 6.92 Å². The van der Waals surface area contributed by atoms with Crippen molar-refractivity contribution in [3.63, 3.8) is 0 Å². The number of carbonyl (C=O) groups is 1. The SMILES string of the molecule is Cc1ccc(-c2cc(Nc3ccc(C(=O)NC4CCN(Cc5ccccc5)CC4)cc3)ncn2)cc1. The fraction of sp³-hybridized carbons (Fsp3) is 0.233. The van der Waals surface area contributed by atoms with Crippen molar-refractivity contribution >= 4 is 17.4 Å². The molecule has 182 valence electrons. The number of aryl methyl sites for hydroxylation is 1. The average Bonchev–Trinajstić information content (AvgIpc) is 2.91. The molecule has 5 rings (SSSR count). The van der Waals surface area contributed by atoms with E-state index in [2.05, 4.69) is 81.0 Å². The van der Waals surface area contributed by atoms with Crippen molar-refractivity contribution in [2.75, 3.05) is 18.4 Å². The minimum atomic E-state index is -0.0215. The highest BCUT2D eigenvalue weighted by molar-refractivity contribution is 5.94. The highest BCUT2D eigenvalue weighted by Crippen LogP contribution is 2.22. The first-order valence-corrected chi connectivity index (χ1v) is 12.5. The monoisotopic (exact) mass is 477 g/mol. The van der Waals surface area contributed by atoms with Gasteiger partial charge in [-0.3, -0.25) is 9.69 Å². The molecule has 0 bridgehead atoms. The molecular weight excluding hydrogens is 446 g/mol. The summed E-state index contributed by atoms with van der Waals surface area (Å²) in [6.07, 6.45) is 3.50. The van der Waals surface area contributed by atoms with Gasteiger partial charge in [-0.25, -0.2) is 9.97 Å². The van der Waals surface area contributed by atoms with Crippen molar-refractivity contribution in [2.24, 2.45) is 0 Å². The molecule has 0 radical (unpaired) electrons. The predicted octanol–water partition coefficient (Wildman–Crippen LogP) is 5.59. The lowest BCUT2D eigenvalue weighted by Gasteiger charge is -2.32. The molecule has 3 aromatic carbocycles. The highest BCUT2D eigenvalue weighted by atomic mass is 16.1. The Morgan fingerprint density at radius 2 is 1.64 bits per heavy atom. The topological polar surface area (TPSA) is 70.2 Å². The zero-order valence-electron chi connectivity index (χ0n) is 20.5. The van der Waals surface area contributed by atoms with Gasteiger partial charge in [0.05, 0.1) is 5.69 Å². The summed E-state index contributed by atoms with van der Waals surface area (Å²) in [6.45, 7) is 5.02. The maximum absolute atomic E-state index is 12.8. The van der Waals surface area contributed by atoms with Gasteiger partial charge in [0.25, 0.3) is 5.91 Å². The number of piperidine rings is 1. The van der Waals surface area contributed by atoms with Gasteiger partial charge in [-0.05, 0) is 49.6 Å². The van der Waals surface area contributed by atoms with Crippen LogP contribution in [0.15, 0.2) is 91.3 Å². The van der Waals surface area contributed by atoms with Gasteiger partial charge in [0.15, 0.2) is 0 Å². The number of nitrogens with zero attached hydrogens (tertiary/aromatic N) is 3. The van der Waals surface area contributed by atoms with Crippen LogP contribution in [0.4, 0.5) is 11.5 Å². The normalized spacial score (nSPS) is 14.4. The standard InChI is InChI=1S/C30H31N5O/c1-22-7-9-24(10-8-22)28-19-29(32-21-31-28)33-26-13-11-25(12-14-26)30(36)34-27-15-17-35(18-16-27)20-23-5-3-2-4-6-23/h2-14,19,21,27H,15-18,20H2,1H3,(H,34,36)(H,31,32,33). The van der Waals surface area contributed by atoms with Crippen molar-refractivity contribution in [3.05, 3.63) is 108 Å². The summed E-state index contributed by atoms with van der Waals surface area (Å²) in [6, 6.07) is 28.5. The Balaban J connectivity index is 1.13. The fourth-order valence-electron chi connectivity index (χ4n) is 4.51. The molecule has 4 aromatic rings. The Morgan fingerprint density at radius 1 is 0.917 bits per heavy atom. The zero-order chi connectivity index (χ0) is 24.7. The molecule has 1 aliphatic heterocycles. The number of likely N-dealkylation sites (tertiary alicyclic amines) is 1. The third-order valence-electron chi connectivity index (χ3n) is 6.61. The van der Waals surface area contributed by atoms with Gasteiger partial charge in [-0.15, -0.1) is 0 Å². The minimum absolute atomic E-state index is 0.0215. The van der Waals surface area contributed by atoms with Crippen LogP contribution in [0.3, 0.4) is 0 Å². The number of anilines is 2. The quantitative estimate of drug-likeness (QED) is 0.363. The fourth-order valence-corrected chi connectivity index (χ4v) is 4.51. The molecule has 2 N–H and O–H groups in total. The van der Waals surface area contributed by atoms with Gasteiger partial charge in [0.2, 0.25) is 0 Å². The van der Waals surface area contributed by atoms with Gasteiger partial charge in [-0.2, -0.15) is 0 Å². The molecule has 1 fully saturated rings. The summed E-state index contributed by atoms with van der Waals surface area (Å²) in [7, 11) is 0. The van der Waals surface area contributed by atoms with E-state index in [9.17, 15) is 4.79 Å². The number of hydrogen-bond donors (Lipinski definition) is 2. The van der Waals surface area contributed by atoms with Crippen LogP contribution >= 0.6 is 0 Å². The number of hydrogen-bond acceptors (Lipinski definition) is 5. The molecule has 36 heavy (non-hydrogen) atoms. The van der Waals surface area contributed by atoms with Crippen molar-refractivity contribution in [2.45, 2.75) is 32.4 Å². The van der Waals surface area contributed by atoms with E-state index in [4.69, 9.17) is 0 Å². The zero-order valence-corrected chi connectivity index (χ0v) is 20.5. The molecule has 0 aliphatic carbocycles. The van der Waals surface area contributed by atoms with E-state index in [1.165, 1.54) is 11.1 Å². The molecule has 6 heteroatoms. The Morgan fingerprint density at radius 3 is 2.36 bits per heavy atom. The molecule has 0 atom stereocenters. The van der Waals surface area contributed by atoms with Crippen LogP contribution in [0.2, 0.25) is 0 Å². The second-order valence-electron chi connectivity index (χ2n) is 9.37. The van der Waals surface area contributed by atoms with Crippen molar-refractivity contribution in [3.8, 4) is 11.3 Å². The lowest BCUT2D eigenvalue weighted by Crippen LogP contribution is -2.44. The second kappa shape index (κ2) is 11.1. The van der Waals surface area contributed by atoms with Crippen LogP contribution in [0.5, 0.6) is 0 Å². The Kier molecular flexibility index (Phi) is 7.33. The first-order valence-electron chi connectivity index (χ1n) is 12.5. The highest BCUT2D eigenvalue weighted by Gasteiger charge is 2.21. The van der Waals surface area contributed by atoms with Crippen molar-refractivity contribution < 1.29 is 4.79 Å². The number of benzene rings is 3. The number of nitrogens with one attached hydrogen (secondary N) is 2. The van der Waals surface area contributed by atoms with Gasteiger partial charge in [-0.1, -0.05) is 60.2 Å². The van der Waals surface area contributed by atoms with E-state index in [0.29, 0.717) is 11.4 Å². The van der Waals surface area contributed by atoms with E-state index in [1.807, 2.05) is 36.4 Å². The largest absolute Gasteiger partial charge is 0.349 e. The third kappa shape index (κ3) is 6.15. The van der Waals surface area contributed by atoms with E-state index in [-0.39, 0.29) is 11.9 Å². The first kappa shape index (κ1) is 23.7. The predicted molar refractivity (Wildman–Crippen MR) is 144 cm³/mol. The van der Waals surface area contributed by atoms with Crippen molar-refractivity contribution in [1.29, 1.82) is 0 Å². The number of carbonyl (C=O) groups excluding carboxylic acids is 1. The summed E-state index contributed by atoms with van der Waals surface area (Å²) in [5.41, 5.74) is 5.98. The lowest BCUT2D eigenvalue weighted by atomic mass is 10.0. The molecule has 1 aromatic heterocycles. The average molecular weight is 478 g/mol. The van der Waals surface area contributed by atoms with Gasteiger partial charge < -0.3 is 10.6 Å². The molecule has 6 nitrogen and oxygen atoms in total. The van der Waals surface area contributed by atoms with Gasteiger partial charge in [0, 0.05) is 48.6 Å². The van der Waals surface area contributed by atoms with Crippen LogP contribution < -0.4 is 10.6 Å². The van der Waals surface area contributed by atoms with E-state index >= 15 is 0 Å². The van der Waals surface area contributed by atoms with E-state index < -0.39 is 0 Å². The summed E-state index contributed by atoms with van der Waals surface area (Å²) in [4.78, 5) is 24.0. The van der Waals surface area contributed by atoms with E-state index in [1.54, 1.807) is 6.33 Å². The number of rotatable bonds is 7. The molecule has 1 amide bonds. The molecule has 1 saturated heterocycles. The van der Waals surface area contributed by atoms with Crippen LogP contribution in [-0.2, 0) is 6.54 Å². The third-order valence-corrected chi connectivity index (χ3v) is 6.61. The summed E-state index contributed by atoms with van der Waals surface area (Å²) < 4.78 is 0. The smallest absolute Gasteiger partial charge is 0.251 e. The van der Waals surface area contributed by atoms with Crippen LogP contribution in [-0.4, -0.2) is 39.9 Å².